The molecule has 1 aromatic heterocycles. The van der Waals surface area contributed by atoms with Gasteiger partial charge < -0.3 is 11.1 Å². The highest BCUT2D eigenvalue weighted by molar-refractivity contribution is 7.10. The van der Waals surface area contributed by atoms with Gasteiger partial charge in [-0.1, -0.05) is 13.0 Å². The number of aryl methyl sites for hydroxylation is 1. The molecule has 0 bridgehead atoms. The minimum atomic E-state index is -0.378. The zero-order valence-corrected chi connectivity index (χ0v) is 10.5. The van der Waals surface area contributed by atoms with Crippen molar-refractivity contribution >= 4 is 22.7 Å². The Hall–Kier alpha value is -1.55. The number of thiophene rings is 1. The molecule has 90 valence electrons. The summed E-state index contributed by atoms with van der Waals surface area (Å²) < 4.78 is 13.2. The Balaban J connectivity index is 2.10. The topological polar surface area (TPSA) is 38.0 Å². The van der Waals surface area contributed by atoms with E-state index in [1.165, 1.54) is 16.5 Å². The monoisotopic (exact) mass is 250 g/mol. The highest BCUT2D eigenvalue weighted by Crippen LogP contribution is 2.24. The number of hydrogen-bond donors (Lipinski definition) is 2. The van der Waals surface area contributed by atoms with Crippen molar-refractivity contribution in [2.45, 2.75) is 19.9 Å². The number of benzene rings is 1. The molecule has 0 atom stereocenters. The van der Waals surface area contributed by atoms with Crippen LogP contribution in [0, 0.1) is 5.82 Å². The molecule has 0 aliphatic heterocycles. The highest BCUT2D eigenvalue weighted by atomic mass is 32.1. The van der Waals surface area contributed by atoms with Gasteiger partial charge >= 0.3 is 0 Å². The second-order valence-electron chi connectivity index (χ2n) is 3.78. The lowest BCUT2D eigenvalue weighted by molar-refractivity contribution is 0.633. The lowest BCUT2D eigenvalue weighted by Crippen LogP contribution is -2.03. The Morgan fingerprint density at radius 3 is 2.94 bits per heavy atom. The van der Waals surface area contributed by atoms with Crippen LogP contribution in [-0.2, 0) is 13.0 Å². The molecule has 0 saturated heterocycles. The van der Waals surface area contributed by atoms with E-state index in [4.69, 9.17) is 5.73 Å². The molecular formula is C13H15FN2S. The third-order valence-corrected chi connectivity index (χ3v) is 3.67. The molecule has 0 aliphatic rings. The van der Waals surface area contributed by atoms with E-state index in [9.17, 15) is 4.39 Å². The SMILES string of the molecule is CCc1ccsc1CNc1cccc(F)c1N. The predicted molar refractivity (Wildman–Crippen MR) is 71.8 cm³/mol. The van der Waals surface area contributed by atoms with Gasteiger partial charge in [-0.2, -0.15) is 0 Å². The van der Waals surface area contributed by atoms with Crippen LogP contribution < -0.4 is 11.1 Å². The minimum Gasteiger partial charge on any atom is -0.395 e. The zero-order chi connectivity index (χ0) is 12.3. The summed E-state index contributed by atoms with van der Waals surface area (Å²) in [5, 5.41) is 5.25. The van der Waals surface area contributed by atoms with Crippen molar-refractivity contribution in [2.75, 3.05) is 11.1 Å². The van der Waals surface area contributed by atoms with Gasteiger partial charge in [-0.15, -0.1) is 11.3 Å². The third-order valence-electron chi connectivity index (χ3n) is 2.71. The first kappa shape index (κ1) is 11.9. The van der Waals surface area contributed by atoms with Gasteiger partial charge in [0.05, 0.1) is 11.4 Å². The fourth-order valence-corrected chi connectivity index (χ4v) is 2.62. The molecule has 0 saturated carbocycles. The van der Waals surface area contributed by atoms with Crippen LogP contribution in [0.5, 0.6) is 0 Å². The van der Waals surface area contributed by atoms with Gasteiger partial charge in [-0.05, 0) is 35.6 Å². The van der Waals surface area contributed by atoms with E-state index in [2.05, 4.69) is 23.7 Å². The molecule has 2 nitrogen and oxygen atoms in total. The molecule has 0 fully saturated rings. The summed E-state index contributed by atoms with van der Waals surface area (Å²) in [6.07, 6.45) is 1.01. The predicted octanol–water partition coefficient (Wildman–Crippen LogP) is 3.64. The van der Waals surface area contributed by atoms with Gasteiger partial charge in [0, 0.05) is 11.4 Å². The van der Waals surface area contributed by atoms with Crippen LogP contribution in [0.2, 0.25) is 0 Å². The van der Waals surface area contributed by atoms with E-state index in [1.54, 1.807) is 23.5 Å². The zero-order valence-electron chi connectivity index (χ0n) is 9.66. The average molecular weight is 250 g/mol. The van der Waals surface area contributed by atoms with Gasteiger partial charge in [0.15, 0.2) is 0 Å². The summed E-state index contributed by atoms with van der Waals surface area (Å²) in [6, 6.07) is 6.93. The number of para-hydroxylation sites is 1. The number of hydrogen-bond acceptors (Lipinski definition) is 3. The van der Waals surface area contributed by atoms with Crippen LogP contribution >= 0.6 is 11.3 Å². The Labute approximate surface area is 104 Å². The molecule has 0 spiro atoms. The molecule has 17 heavy (non-hydrogen) atoms. The molecule has 0 radical (unpaired) electrons. The highest BCUT2D eigenvalue weighted by Gasteiger charge is 2.06. The number of nitrogens with two attached hydrogens (primary N) is 1. The fourth-order valence-electron chi connectivity index (χ4n) is 1.70. The van der Waals surface area contributed by atoms with E-state index in [-0.39, 0.29) is 11.5 Å². The lowest BCUT2D eigenvalue weighted by Gasteiger charge is -2.09. The van der Waals surface area contributed by atoms with Crippen molar-refractivity contribution in [3.05, 3.63) is 45.9 Å². The maximum absolute atomic E-state index is 13.2. The Morgan fingerprint density at radius 2 is 2.18 bits per heavy atom. The van der Waals surface area contributed by atoms with Crippen LogP contribution in [0.3, 0.4) is 0 Å². The first-order valence-corrected chi connectivity index (χ1v) is 6.43. The standard InChI is InChI=1S/C13H15FN2S/c1-2-9-6-7-17-12(9)8-16-11-5-3-4-10(14)13(11)15/h3-7,16H,2,8,15H2,1H3. The molecule has 3 N–H and O–H groups in total. The summed E-state index contributed by atoms with van der Waals surface area (Å²) >= 11 is 1.71. The van der Waals surface area contributed by atoms with Crippen LogP contribution in [0.25, 0.3) is 0 Å². The molecular weight excluding hydrogens is 235 g/mol. The largest absolute Gasteiger partial charge is 0.395 e. The second-order valence-corrected chi connectivity index (χ2v) is 4.78. The van der Waals surface area contributed by atoms with Crippen LogP contribution in [0.15, 0.2) is 29.6 Å². The molecule has 0 amide bonds. The molecule has 1 heterocycles. The summed E-state index contributed by atoms with van der Waals surface area (Å²) in [5.41, 5.74) is 7.83. The van der Waals surface area contributed by atoms with Gasteiger partial charge in [0.1, 0.15) is 5.82 Å². The number of rotatable bonds is 4. The van der Waals surface area contributed by atoms with Crippen LogP contribution in [-0.4, -0.2) is 0 Å². The quantitative estimate of drug-likeness (QED) is 0.813. The van der Waals surface area contributed by atoms with Gasteiger partial charge in [-0.25, -0.2) is 4.39 Å². The summed E-state index contributed by atoms with van der Waals surface area (Å²) in [5.74, 6) is -0.378. The molecule has 1 aromatic carbocycles. The average Bonchev–Trinajstić information content (AvgIpc) is 2.78. The van der Waals surface area contributed by atoms with E-state index in [1.807, 2.05) is 0 Å². The van der Waals surface area contributed by atoms with Crippen molar-refractivity contribution in [3.63, 3.8) is 0 Å². The van der Waals surface area contributed by atoms with Crippen LogP contribution in [0.1, 0.15) is 17.4 Å². The van der Waals surface area contributed by atoms with Crippen molar-refractivity contribution in [1.29, 1.82) is 0 Å². The second kappa shape index (κ2) is 5.19. The molecule has 0 unspecified atom stereocenters. The van der Waals surface area contributed by atoms with Gasteiger partial charge in [0.2, 0.25) is 0 Å². The van der Waals surface area contributed by atoms with Gasteiger partial charge in [-0.3, -0.25) is 0 Å². The Bertz CT molecular complexity index is 508. The first-order valence-electron chi connectivity index (χ1n) is 5.55. The Kier molecular flexibility index (Phi) is 3.64. The number of anilines is 2. The van der Waals surface area contributed by atoms with E-state index in [0.29, 0.717) is 12.2 Å². The van der Waals surface area contributed by atoms with Crippen molar-refractivity contribution in [2.24, 2.45) is 0 Å². The lowest BCUT2D eigenvalue weighted by atomic mass is 10.2. The summed E-state index contributed by atoms with van der Waals surface area (Å²) in [4.78, 5) is 1.27. The van der Waals surface area contributed by atoms with E-state index >= 15 is 0 Å². The Morgan fingerprint density at radius 1 is 1.35 bits per heavy atom. The number of nitrogen functional groups attached to an aromatic ring is 1. The normalized spacial score (nSPS) is 10.5. The van der Waals surface area contributed by atoms with E-state index in [0.717, 1.165) is 6.42 Å². The third kappa shape index (κ3) is 2.58. The molecule has 2 rings (SSSR count). The maximum Gasteiger partial charge on any atom is 0.148 e. The number of halogens is 1. The van der Waals surface area contributed by atoms with Crippen molar-refractivity contribution < 1.29 is 4.39 Å². The molecule has 2 aromatic rings. The fraction of sp³-hybridized carbons (Fsp3) is 0.231. The van der Waals surface area contributed by atoms with Crippen LogP contribution in [0.4, 0.5) is 15.8 Å². The first-order chi connectivity index (χ1) is 8.22. The van der Waals surface area contributed by atoms with Crippen molar-refractivity contribution in [3.8, 4) is 0 Å². The van der Waals surface area contributed by atoms with Gasteiger partial charge in [0.25, 0.3) is 0 Å². The maximum atomic E-state index is 13.2. The minimum absolute atomic E-state index is 0.183. The molecule has 4 heteroatoms. The van der Waals surface area contributed by atoms with E-state index < -0.39 is 0 Å². The summed E-state index contributed by atoms with van der Waals surface area (Å²) in [7, 11) is 0. The smallest absolute Gasteiger partial charge is 0.148 e. The molecule has 0 aliphatic carbocycles. The number of nitrogens with one attached hydrogen (secondary N) is 1. The van der Waals surface area contributed by atoms with Crippen molar-refractivity contribution in [1.82, 2.24) is 0 Å². The summed E-state index contributed by atoms with van der Waals surface area (Å²) in [6.45, 7) is 2.82.